The molecular formula is C19H17F3N4. The molecule has 4 nitrogen and oxygen atoms in total. The lowest BCUT2D eigenvalue weighted by Crippen LogP contribution is -2.05. The van der Waals surface area contributed by atoms with Gasteiger partial charge >= 0.3 is 6.18 Å². The van der Waals surface area contributed by atoms with E-state index >= 15 is 0 Å². The van der Waals surface area contributed by atoms with Gasteiger partial charge in [0.25, 0.3) is 0 Å². The van der Waals surface area contributed by atoms with Crippen molar-refractivity contribution in [3.63, 3.8) is 0 Å². The summed E-state index contributed by atoms with van der Waals surface area (Å²) in [5, 5.41) is 6.13. The Hall–Kier alpha value is -3.09. The number of alkyl halides is 3. The third-order valence-corrected chi connectivity index (χ3v) is 3.61. The van der Waals surface area contributed by atoms with Gasteiger partial charge in [-0.25, -0.2) is 4.98 Å². The lowest BCUT2D eigenvalue weighted by molar-refractivity contribution is -0.137. The van der Waals surface area contributed by atoms with E-state index in [4.69, 9.17) is 0 Å². The van der Waals surface area contributed by atoms with Crippen LogP contribution in [0.15, 0.2) is 54.6 Å². The molecule has 134 valence electrons. The minimum Gasteiger partial charge on any atom is -0.340 e. The zero-order valence-corrected chi connectivity index (χ0v) is 14.2. The van der Waals surface area contributed by atoms with E-state index in [9.17, 15) is 13.2 Å². The van der Waals surface area contributed by atoms with E-state index in [0.29, 0.717) is 17.5 Å². The molecule has 0 bridgehead atoms. The molecule has 0 atom stereocenters. The fourth-order valence-electron chi connectivity index (χ4n) is 2.43. The molecule has 26 heavy (non-hydrogen) atoms. The monoisotopic (exact) mass is 358 g/mol. The van der Waals surface area contributed by atoms with Crippen LogP contribution in [0.5, 0.6) is 0 Å². The predicted molar refractivity (Wildman–Crippen MR) is 96.0 cm³/mol. The first-order valence-electron chi connectivity index (χ1n) is 7.93. The minimum atomic E-state index is -4.36. The third kappa shape index (κ3) is 4.50. The van der Waals surface area contributed by atoms with Gasteiger partial charge in [-0.1, -0.05) is 12.1 Å². The van der Waals surface area contributed by atoms with Crippen LogP contribution in [0, 0.1) is 13.8 Å². The molecular weight excluding hydrogens is 341 g/mol. The van der Waals surface area contributed by atoms with Gasteiger partial charge in [0.15, 0.2) is 0 Å². The molecule has 0 aliphatic heterocycles. The van der Waals surface area contributed by atoms with Crippen molar-refractivity contribution in [1.82, 2.24) is 9.97 Å². The van der Waals surface area contributed by atoms with Gasteiger partial charge in [0, 0.05) is 23.1 Å². The average Bonchev–Trinajstić information content (AvgIpc) is 2.54. The van der Waals surface area contributed by atoms with Crippen molar-refractivity contribution in [3.05, 3.63) is 71.4 Å². The van der Waals surface area contributed by atoms with Gasteiger partial charge in [-0.15, -0.1) is 0 Å². The summed E-state index contributed by atoms with van der Waals surface area (Å²) < 4.78 is 37.9. The van der Waals surface area contributed by atoms with Gasteiger partial charge in [0.1, 0.15) is 5.82 Å². The largest absolute Gasteiger partial charge is 0.416 e. The van der Waals surface area contributed by atoms with E-state index in [-0.39, 0.29) is 0 Å². The summed E-state index contributed by atoms with van der Waals surface area (Å²) in [4.78, 5) is 8.64. The van der Waals surface area contributed by atoms with Crippen molar-refractivity contribution < 1.29 is 13.2 Å². The molecule has 0 saturated carbocycles. The number of hydrogen-bond donors (Lipinski definition) is 2. The number of aryl methyl sites for hydroxylation is 2. The number of benzene rings is 2. The number of hydrogen-bond acceptors (Lipinski definition) is 4. The molecule has 7 heteroatoms. The van der Waals surface area contributed by atoms with E-state index in [1.807, 2.05) is 38.1 Å². The SMILES string of the molecule is Cc1cccc(Nc2cc(C)nc(Nc3ccc(C(F)(F)F)cc3)n2)c1. The van der Waals surface area contributed by atoms with Crippen molar-refractivity contribution in [1.29, 1.82) is 0 Å². The summed E-state index contributed by atoms with van der Waals surface area (Å²) in [6.45, 7) is 3.81. The second kappa shape index (κ2) is 7.03. The molecule has 0 radical (unpaired) electrons. The Morgan fingerprint density at radius 1 is 0.808 bits per heavy atom. The smallest absolute Gasteiger partial charge is 0.340 e. The van der Waals surface area contributed by atoms with Crippen LogP contribution in [0.25, 0.3) is 0 Å². The Kier molecular flexibility index (Phi) is 4.79. The molecule has 0 spiro atoms. The summed E-state index contributed by atoms with van der Waals surface area (Å²) in [6.07, 6.45) is -4.36. The topological polar surface area (TPSA) is 49.8 Å². The lowest BCUT2D eigenvalue weighted by atomic mass is 10.2. The van der Waals surface area contributed by atoms with Gasteiger partial charge in [-0.2, -0.15) is 18.2 Å². The molecule has 3 aromatic rings. The van der Waals surface area contributed by atoms with Crippen LogP contribution in [0.3, 0.4) is 0 Å². The second-order valence-electron chi connectivity index (χ2n) is 5.91. The Morgan fingerprint density at radius 3 is 2.19 bits per heavy atom. The number of rotatable bonds is 4. The fraction of sp³-hybridized carbons (Fsp3) is 0.158. The fourth-order valence-corrected chi connectivity index (χ4v) is 2.43. The molecule has 1 heterocycles. The molecule has 0 saturated heterocycles. The standard InChI is InChI=1S/C19H17F3N4/c1-12-4-3-5-16(10-12)24-17-11-13(2)23-18(26-17)25-15-8-6-14(7-9-15)19(20,21)22/h3-11H,1-2H3,(H2,23,24,25,26). The van der Waals surface area contributed by atoms with Crippen LogP contribution in [0.1, 0.15) is 16.8 Å². The van der Waals surface area contributed by atoms with E-state index in [1.165, 1.54) is 12.1 Å². The Bertz CT molecular complexity index is 905. The van der Waals surface area contributed by atoms with Crippen molar-refractivity contribution >= 4 is 23.1 Å². The Morgan fingerprint density at radius 2 is 1.54 bits per heavy atom. The Balaban J connectivity index is 1.79. The van der Waals surface area contributed by atoms with Crippen LogP contribution < -0.4 is 10.6 Å². The first-order chi connectivity index (χ1) is 12.3. The highest BCUT2D eigenvalue weighted by Gasteiger charge is 2.29. The van der Waals surface area contributed by atoms with E-state index in [1.54, 1.807) is 6.07 Å². The van der Waals surface area contributed by atoms with E-state index in [0.717, 1.165) is 29.1 Å². The van der Waals surface area contributed by atoms with Crippen LogP contribution in [-0.4, -0.2) is 9.97 Å². The van der Waals surface area contributed by atoms with E-state index in [2.05, 4.69) is 20.6 Å². The van der Waals surface area contributed by atoms with Crippen molar-refractivity contribution in [2.45, 2.75) is 20.0 Å². The van der Waals surface area contributed by atoms with Crippen molar-refractivity contribution in [2.75, 3.05) is 10.6 Å². The van der Waals surface area contributed by atoms with Crippen molar-refractivity contribution in [2.24, 2.45) is 0 Å². The Labute approximate surface area is 149 Å². The van der Waals surface area contributed by atoms with Gasteiger partial charge < -0.3 is 10.6 Å². The quantitative estimate of drug-likeness (QED) is 0.637. The first-order valence-corrected chi connectivity index (χ1v) is 7.93. The molecule has 0 unspecified atom stereocenters. The predicted octanol–water partition coefficient (Wildman–Crippen LogP) is 5.60. The molecule has 2 N–H and O–H groups in total. The van der Waals surface area contributed by atoms with Gasteiger partial charge in [0.05, 0.1) is 5.56 Å². The normalized spacial score (nSPS) is 11.3. The highest BCUT2D eigenvalue weighted by molar-refractivity contribution is 5.60. The van der Waals surface area contributed by atoms with Crippen molar-refractivity contribution in [3.8, 4) is 0 Å². The van der Waals surface area contributed by atoms with Crippen LogP contribution in [0.2, 0.25) is 0 Å². The molecule has 0 aliphatic rings. The molecule has 2 aromatic carbocycles. The summed E-state index contributed by atoms with van der Waals surface area (Å²) in [6, 6.07) is 14.4. The molecule has 0 aliphatic carbocycles. The molecule has 1 aromatic heterocycles. The van der Waals surface area contributed by atoms with Crippen LogP contribution in [0.4, 0.5) is 36.3 Å². The lowest BCUT2D eigenvalue weighted by Gasteiger charge is -2.11. The highest BCUT2D eigenvalue weighted by Crippen LogP contribution is 2.30. The highest BCUT2D eigenvalue weighted by atomic mass is 19.4. The van der Waals surface area contributed by atoms with Gasteiger partial charge in [-0.3, -0.25) is 0 Å². The number of nitrogens with zero attached hydrogens (tertiary/aromatic N) is 2. The summed E-state index contributed by atoms with van der Waals surface area (Å²) in [5.41, 5.74) is 2.51. The summed E-state index contributed by atoms with van der Waals surface area (Å²) >= 11 is 0. The van der Waals surface area contributed by atoms with E-state index < -0.39 is 11.7 Å². The summed E-state index contributed by atoms with van der Waals surface area (Å²) in [5.74, 6) is 0.900. The minimum absolute atomic E-state index is 0.305. The number of halogens is 3. The summed E-state index contributed by atoms with van der Waals surface area (Å²) in [7, 11) is 0. The van der Waals surface area contributed by atoms with Gasteiger partial charge in [-0.05, 0) is 55.8 Å². The zero-order chi connectivity index (χ0) is 18.7. The molecule has 0 amide bonds. The van der Waals surface area contributed by atoms with Crippen LogP contribution >= 0.6 is 0 Å². The first kappa shape index (κ1) is 17.7. The maximum atomic E-state index is 12.6. The average molecular weight is 358 g/mol. The third-order valence-electron chi connectivity index (χ3n) is 3.61. The maximum absolute atomic E-state index is 12.6. The maximum Gasteiger partial charge on any atom is 0.416 e. The molecule has 3 rings (SSSR count). The number of nitrogens with one attached hydrogen (secondary N) is 2. The number of anilines is 4. The van der Waals surface area contributed by atoms with Crippen LogP contribution in [-0.2, 0) is 6.18 Å². The number of aromatic nitrogens is 2. The second-order valence-corrected chi connectivity index (χ2v) is 5.91. The zero-order valence-electron chi connectivity index (χ0n) is 14.2. The molecule has 0 fully saturated rings. The van der Waals surface area contributed by atoms with Gasteiger partial charge in [0.2, 0.25) is 5.95 Å².